The number of benzene rings is 2. The minimum Gasteiger partial charge on any atom is -0.379 e. The van der Waals surface area contributed by atoms with Crippen molar-refractivity contribution in [1.29, 1.82) is 0 Å². The zero-order valence-electron chi connectivity index (χ0n) is 18.2. The van der Waals surface area contributed by atoms with Gasteiger partial charge in [0, 0.05) is 30.9 Å². The Kier molecular flexibility index (Phi) is 7.99. The molecule has 0 unspecified atom stereocenters. The second-order valence-electron chi connectivity index (χ2n) is 7.61. The van der Waals surface area contributed by atoms with Crippen molar-refractivity contribution >= 4 is 17.6 Å². The van der Waals surface area contributed by atoms with Gasteiger partial charge in [0.2, 0.25) is 5.96 Å². The van der Waals surface area contributed by atoms with E-state index in [1.165, 1.54) is 11.1 Å². The molecule has 1 fully saturated rings. The van der Waals surface area contributed by atoms with Gasteiger partial charge in [0.1, 0.15) is 0 Å². The summed E-state index contributed by atoms with van der Waals surface area (Å²) in [6.07, 6.45) is 0.990. The van der Waals surface area contributed by atoms with E-state index in [-0.39, 0.29) is 5.91 Å². The Labute approximate surface area is 179 Å². The number of ether oxygens (including phenoxy) is 1. The van der Waals surface area contributed by atoms with Crippen LogP contribution >= 0.6 is 0 Å². The van der Waals surface area contributed by atoms with Gasteiger partial charge in [-0.15, -0.1) is 0 Å². The van der Waals surface area contributed by atoms with E-state index in [4.69, 9.17) is 4.74 Å². The van der Waals surface area contributed by atoms with Crippen LogP contribution in [0.5, 0.6) is 0 Å². The Hall–Kier alpha value is -2.70. The quantitative estimate of drug-likeness (QED) is 0.568. The summed E-state index contributed by atoms with van der Waals surface area (Å²) in [5.74, 6) is 0.302. The van der Waals surface area contributed by atoms with Gasteiger partial charge in [-0.25, -0.2) is 0 Å². The van der Waals surface area contributed by atoms with Gasteiger partial charge in [-0.1, -0.05) is 25.1 Å². The Morgan fingerprint density at radius 3 is 2.47 bits per heavy atom. The third-order valence-electron chi connectivity index (χ3n) is 5.42. The fourth-order valence-corrected chi connectivity index (χ4v) is 3.26. The highest BCUT2D eigenvalue weighted by atomic mass is 16.5. The first-order chi connectivity index (χ1) is 14.5. The minimum absolute atomic E-state index is 0.166. The Balaban J connectivity index is 1.70. The number of nitrogens with zero attached hydrogens (tertiary/aromatic N) is 2. The molecule has 0 bridgehead atoms. The van der Waals surface area contributed by atoms with E-state index in [1.807, 2.05) is 44.2 Å². The number of anilines is 1. The van der Waals surface area contributed by atoms with E-state index in [2.05, 4.69) is 39.6 Å². The number of aliphatic imine (C=N–C) groups is 1. The second-order valence-corrected chi connectivity index (χ2v) is 7.61. The summed E-state index contributed by atoms with van der Waals surface area (Å²) in [6.45, 7) is 11.0. The molecule has 0 aliphatic carbocycles. The molecule has 1 aliphatic heterocycles. The van der Waals surface area contributed by atoms with E-state index < -0.39 is 0 Å². The molecule has 6 nitrogen and oxygen atoms in total. The SMILES string of the molecule is CCc1ccc(NC(=NCCN2CCOCC2)NC(=O)c2ccc(C)c(C)c2)cc1. The number of carbonyl (C=O) groups excluding carboxylic acids is 1. The summed E-state index contributed by atoms with van der Waals surface area (Å²) < 4.78 is 5.40. The van der Waals surface area contributed by atoms with Gasteiger partial charge in [0.15, 0.2) is 0 Å². The Morgan fingerprint density at radius 2 is 1.80 bits per heavy atom. The lowest BCUT2D eigenvalue weighted by molar-refractivity contribution is 0.0394. The lowest BCUT2D eigenvalue weighted by atomic mass is 10.1. The fraction of sp³-hybridized carbons (Fsp3) is 0.417. The summed E-state index contributed by atoms with van der Waals surface area (Å²) in [5, 5.41) is 6.22. The van der Waals surface area contributed by atoms with Crippen LogP contribution < -0.4 is 10.6 Å². The molecular weight excluding hydrogens is 376 g/mol. The highest BCUT2D eigenvalue weighted by Gasteiger charge is 2.12. The van der Waals surface area contributed by atoms with E-state index in [0.29, 0.717) is 18.1 Å². The summed E-state index contributed by atoms with van der Waals surface area (Å²) in [7, 11) is 0. The van der Waals surface area contributed by atoms with Crippen LogP contribution in [0, 0.1) is 13.8 Å². The Bertz CT molecular complexity index is 871. The van der Waals surface area contributed by atoms with Crippen molar-refractivity contribution in [2.24, 2.45) is 4.99 Å². The average Bonchev–Trinajstić information content (AvgIpc) is 2.76. The van der Waals surface area contributed by atoms with Crippen LogP contribution in [0.15, 0.2) is 47.5 Å². The maximum Gasteiger partial charge on any atom is 0.257 e. The molecule has 30 heavy (non-hydrogen) atoms. The van der Waals surface area contributed by atoms with Crippen molar-refractivity contribution in [3.8, 4) is 0 Å². The number of aryl methyl sites for hydroxylation is 3. The van der Waals surface area contributed by atoms with Gasteiger partial charge in [0.25, 0.3) is 5.91 Å². The average molecular weight is 409 g/mol. The molecule has 3 rings (SSSR count). The maximum atomic E-state index is 12.8. The first kappa shape index (κ1) is 22.0. The molecule has 0 atom stereocenters. The lowest BCUT2D eigenvalue weighted by Gasteiger charge is -2.25. The molecular formula is C24H32N4O2. The summed E-state index contributed by atoms with van der Waals surface area (Å²) >= 11 is 0. The molecule has 2 aromatic rings. The zero-order valence-corrected chi connectivity index (χ0v) is 18.2. The smallest absolute Gasteiger partial charge is 0.257 e. The minimum atomic E-state index is -0.166. The Morgan fingerprint density at radius 1 is 1.07 bits per heavy atom. The number of guanidine groups is 1. The maximum absolute atomic E-state index is 12.8. The molecule has 1 saturated heterocycles. The van der Waals surface area contributed by atoms with Crippen LogP contribution in [0.1, 0.15) is 34.0 Å². The van der Waals surface area contributed by atoms with Crippen LogP contribution in [-0.2, 0) is 11.2 Å². The molecule has 1 heterocycles. The molecule has 160 valence electrons. The normalized spacial score (nSPS) is 15.1. The number of morpholine rings is 1. The molecule has 1 aliphatic rings. The summed E-state index contributed by atoms with van der Waals surface area (Å²) in [5.41, 5.74) is 5.06. The van der Waals surface area contributed by atoms with Crippen LogP contribution in [0.2, 0.25) is 0 Å². The third-order valence-corrected chi connectivity index (χ3v) is 5.42. The van der Waals surface area contributed by atoms with E-state index in [0.717, 1.165) is 50.5 Å². The highest BCUT2D eigenvalue weighted by Crippen LogP contribution is 2.12. The van der Waals surface area contributed by atoms with Gasteiger partial charge in [-0.05, 0) is 61.2 Å². The van der Waals surface area contributed by atoms with E-state index in [1.54, 1.807) is 0 Å². The molecule has 6 heteroatoms. The standard InChI is InChI=1S/C24H32N4O2/c1-4-20-6-9-22(10-7-20)26-24(25-11-12-28-13-15-30-16-14-28)27-23(29)21-8-5-18(2)19(3)17-21/h5-10,17H,4,11-16H2,1-3H3,(H2,25,26,27,29). The topological polar surface area (TPSA) is 66.0 Å². The van der Waals surface area contributed by atoms with Crippen molar-refractivity contribution < 1.29 is 9.53 Å². The van der Waals surface area contributed by atoms with Crippen LogP contribution in [0.25, 0.3) is 0 Å². The van der Waals surface area contributed by atoms with Gasteiger partial charge < -0.3 is 10.1 Å². The van der Waals surface area contributed by atoms with Crippen molar-refractivity contribution in [3.63, 3.8) is 0 Å². The van der Waals surface area contributed by atoms with Gasteiger partial charge in [0.05, 0.1) is 19.8 Å². The van der Waals surface area contributed by atoms with Crippen molar-refractivity contribution in [2.75, 3.05) is 44.7 Å². The predicted molar refractivity (Wildman–Crippen MR) is 122 cm³/mol. The number of hydrogen-bond acceptors (Lipinski definition) is 4. The number of amides is 1. The molecule has 2 N–H and O–H groups in total. The molecule has 2 aromatic carbocycles. The van der Waals surface area contributed by atoms with Crippen molar-refractivity contribution in [1.82, 2.24) is 10.2 Å². The highest BCUT2D eigenvalue weighted by molar-refractivity contribution is 6.10. The van der Waals surface area contributed by atoms with E-state index >= 15 is 0 Å². The molecule has 1 amide bonds. The molecule has 0 saturated carbocycles. The molecule has 0 aromatic heterocycles. The first-order valence-electron chi connectivity index (χ1n) is 10.6. The van der Waals surface area contributed by atoms with Crippen LogP contribution in [0.4, 0.5) is 5.69 Å². The lowest BCUT2D eigenvalue weighted by Crippen LogP contribution is -2.39. The summed E-state index contributed by atoms with van der Waals surface area (Å²) in [6, 6.07) is 13.9. The predicted octanol–water partition coefficient (Wildman–Crippen LogP) is 3.40. The largest absolute Gasteiger partial charge is 0.379 e. The molecule has 0 radical (unpaired) electrons. The number of nitrogens with one attached hydrogen (secondary N) is 2. The van der Waals surface area contributed by atoms with Gasteiger partial charge >= 0.3 is 0 Å². The number of rotatable bonds is 6. The van der Waals surface area contributed by atoms with Crippen molar-refractivity contribution in [2.45, 2.75) is 27.2 Å². The van der Waals surface area contributed by atoms with Gasteiger partial charge in [-0.3, -0.25) is 20.0 Å². The monoisotopic (exact) mass is 408 g/mol. The van der Waals surface area contributed by atoms with Crippen molar-refractivity contribution in [3.05, 3.63) is 64.7 Å². The summed E-state index contributed by atoms with van der Waals surface area (Å²) in [4.78, 5) is 19.8. The number of carbonyl (C=O) groups is 1. The van der Waals surface area contributed by atoms with E-state index in [9.17, 15) is 4.79 Å². The van der Waals surface area contributed by atoms with Gasteiger partial charge in [-0.2, -0.15) is 0 Å². The fourth-order valence-electron chi connectivity index (χ4n) is 3.26. The number of hydrogen-bond donors (Lipinski definition) is 2. The van der Waals surface area contributed by atoms with Crippen LogP contribution in [-0.4, -0.2) is 56.2 Å². The molecule has 0 spiro atoms. The zero-order chi connectivity index (χ0) is 21.3. The second kappa shape index (κ2) is 10.9. The van der Waals surface area contributed by atoms with Crippen LogP contribution in [0.3, 0.4) is 0 Å². The first-order valence-corrected chi connectivity index (χ1v) is 10.6. The third kappa shape index (κ3) is 6.40.